The van der Waals surface area contributed by atoms with Crippen LogP contribution in [0, 0.1) is 0 Å². The highest BCUT2D eigenvalue weighted by atomic mass is 19.4. The first kappa shape index (κ1) is 26.5. The van der Waals surface area contributed by atoms with E-state index in [1.54, 1.807) is 0 Å². The summed E-state index contributed by atoms with van der Waals surface area (Å²) in [4.78, 5) is 25.5. The molecule has 1 saturated heterocycles. The van der Waals surface area contributed by atoms with E-state index in [2.05, 4.69) is 54.4 Å². The van der Waals surface area contributed by atoms with E-state index < -0.39 is 17.6 Å². The smallest absolute Gasteiger partial charge is 0.369 e. The number of halogens is 3. The van der Waals surface area contributed by atoms with Crippen molar-refractivity contribution in [3.05, 3.63) is 95.6 Å². The van der Waals surface area contributed by atoms with Crippen LogP contribution in [0.25, 0.3) is 33.2 Å². The summed E-state index contributed by atoms with van der Waals surface area (Å²) in [5.74, 6) is 4.41. The highest BCUT2D eigenvalue weighted by molar-refractivity contribution is 6.14. The van der Waals surface area contributed by atoms with Gasteiger partial charge in [0.1, 0.15) is 0 Å². The maximum absolute atomic E-state index is 13.4. The van der Waals surface area contributed by atoms with Gasteiger partial charge in [0.2, 0.25) is 0 Å². The number of aromatic amines is 1. The van der Waals surface area contributed by atoms with E-state index in [1.807, 2.05) is 24.3 Å². The molecule has 208 valence electrons. The van der Waals surface area contributed by atoms with Crippen LogP contribution in [-0.4, -0.2) is 47.0 Å². The third-order valence-electron chi connectivity index (χ3n) is 7.39. The summed E-state index contributed by atoms with van der Waals surface area (Å²) in [7, 11) is 0. The summed E-state index contributed by atoms with van der Waals surface area (Å²) in [5.41, 5.74) is 3.66. The zero-order valence-electron chi connectivity index (χ0n) is 21.9. The standard InChI is InChI=1S/C30H26F3N7O/c31-30(32,33)21-8-4-7-20(15-21)25-17-24(29(41)37-38-34)28-27(35-25)23-10-9-22(16-26(23)36-28)40-13-11-39(12-14-40)18-19-5-2-1-3-6-19/h1-10,15-17,36H,11-14,18H2,(H2,34,37,41). The van der Waals surface area contributed by atoms with Gasteiger partial charge < -0.3 is 15.7 Å². The van der Waals surface area contributed by atoms with E-state index in [9.17, 15) is 18.0 Å². The van der Waals surface area contributed by atoms with Crippen LogP contribution < -0.4 is 10.7 Å². The molecule has 8 nitrogen and oxygen atoms in total. The Morgan fingerprint density at radius 1 is 0.951 bits per heavy atom. The molecule has 0 saturated carbocycles. The number of fused-ring (bicyclic) bond motifs is 3. The van der Waals surface area contributed by atoms with Crippen LogP contribution in [0.3, 0.4) is 0 Å². The average Bonchev–Trinajstić information content (AvgIpc) is 3.35. The maximum Gasteiger partial charge on any atom is 0.416 e. The zero-order valence-corrected chi connectivity index (χ0v) is 21.9. The van der Waals surface area contributed by atoms with Gasteiger partial charge in [-0.2, -0.15) is 13.2 Å². The molecule has 0 bridgehead atoms. The van der Waals surface area contributed by atoms with Gasteiger partial charge in [-0.25, -0.2) is 4.98 Å². The summed E-state index contributed by atoms with van der Waals surface area (Å²) in [6, 6.07) is 22.6. The first-order valence-electron chi connectivity index (χ1n) is 13.1. The number of pyridine rings is 1. The number of aromatic nitrogens is 2. The number of hydrogen-bond acceptors (Lipinski definition) is 5. The lowest BCUT2D eigenvalue weighted by Gasteiger charge is -2.36. The molecule has 11 heteroatoms. The molecule has 6 rings (SSSR count). The molecule has 1 amide bonds. The molecule has 1 aliphatic heterocycles. The lowest BCUT2D eigenvalue weighted by molar-refractivity contribution is -0.137. The summed E-state index contributed by atoms with van der Waals surface area (Å²) in [6.07, 6.45) is -4.52. The number of carbonyl (C=O) groups excluding carboxylic acids is 1. The normalized spacial score (nSPS) is 14.9. The van der Waals surface area contributed by atoms with E-state index in [4.69, 9.17) is 5.84 Å². The van der Waals surface area contributed by atoms with Gasteiger partial charge in [-0.1, -0.05) is 52.8 Å². The van der Waals surface area contributed by atoms with Crippen molar-refractivity contribution in [2.24, 2.45) is 16.2 Å². The Labute approximate surface area is 233 Å². The molecule has 1 fully saturated rings. The van der Waals surface area contributed by atoms with E-state index in [0.717, 1.165) is 61.4 Å². The fraction of sp³-hybridized carbons (Fsp3) is 0.200. The molecule has 5 aromatic rings. The molecule has 41 heavy (non-hydrogen) atoms. The Balaban J connectivity index is 1.34. The Morgan fingerprint density at radius 2 is 1.73 bits per heavy atom. The second-order valence-electron chi connectivity index (χ2n) is 9.98. The van der Waals surface area contributed by atoms with Gasteiger partial charge >= 0.3 is 6.18 Å². The number of rotatable bonds is 5. The number of piperazine rings is 1. The predicted octanol–water partition coefficient (Wildman–Crippen LogP) is 6.19. The Hall–Kier alpha value is -4.77. The van der Waals surface area contributed by atoms with Crippen molar-refractivity contribution in [1.82, 2.24) is 14.9 Å². The minimum Gasteiger partial charge on any atom is -0.369 e. The van der Waals surface area contributed by atoms with Crippen molar-refractivity contribution in [2.75, 3.05) is 31.1 Å². The fourth-order valence-electron chi connectivity index (χ4n) is 5.32. The van der Waals surface area contributed by atoms with Crippen LogP contribution in [0.4, 0.5) is 18.9 Å². The average molecular weight is 558 g/mol. The molecule has 0 radical (unpaired) electrons. The molecule has 0 aliphatic carbocycles. The van der Waals surface area contributed by atoms with Gasteiger partial charge in [-0.05, 0) is 42.0 Å². The second kappa shape index (κ2) is 10.7. The van der Waals surface area contributed by atoms with Crippen molar-refractivity contribution < 1.29 is 18.0 Å². The lowest BCUT2D eigenvalue weighted by atomic mass is 10.0. The van der Waals surface area contributed by atoms with E-state index in [-0.39, 0.29) is 16.8 Å². The van der Waals surface area contributed by atoms with E-state index in [1.165, 1.54) is 23.8 Å². The number of anilines is 1. The number of nitrogens with two attached hydrogens (primary N) is 1. The van der Waals surface area contributed by atoms with Crippen LogP contribution >= 0.6 is 0 Å². The number of alkyl halides is 3. The van der Waals surface area contributed by atoms with Gasteiger partial charge in [0.15, 0.2) is 0 Å². The molecule has 1 aliphatic rings. The van der Waals surface area contributed by atoms with Crippen molar-refractivity contribution in [3.8, 4) is 11.3 Å². The highest BCUT2D eigenvalue weighted by Crippen LogP contribution is 2.35. The first-order chi connectivity index (χ1) is 19.8. The lowest BCUT2D eigenvalue weighted by Crippen LogP contribution is -2.45. The molecular weight excluding hydrogens is 531 g/mol. The molecule has 3 heterocycles. The van der Waals surface area contributed by atoms with Crippen molar-refractivity contribution in [2.45, 2.75) is 12.7 Å². The van der Waals surface area contributed by atoms with Crippen LogP contribution in [0.2, 0.25) is 0 Å². The van der Waals surface area contributed by atoms with Gasteiger partial charge in [-0.3, -0.25) is 9.69 Å². The van der Waals surface area contributed by atoms with Crippen molar-refractivity contribution in [1.29, 1.82) is 0 Å². The molecule has 0 unspecified atom stereocenters. The number of benzene rings is 3. The Bertz CT molecular complexity index is 1760. The van der Waals surface area contributed by atoms with Gasteiger partial charge in [-0.15, -0.1) is 0 Å². The summed E-state index contributed by atoms with van der Waals surface area (Å²) >= 11 is 0. The first-order valence-corrected chi connectivity index (χ1v) is 13.1. The number of amides is 1. The third-order valence-corrected chi connectivity index (χ3v) is 7.39. The van der Waals surface area contributed by atoms with Gasteiger partial charge in [0.25, 0.3) is 5.91 Å². The summed E-state index contributed by atoms with van der Waals surface area (Å²) in [6.45, 7) is 4.47. The topological polar surface area (TPSA) is 103 Å². The van der Waals surface area contributed by atoms with Crippen LogP contribution in [-0.2, 0) is 12.7 Å². The minimum atomic E-state index is -4.52. The summed E-state index contributed by atoms with van der Waals surface area (Å²) in [5, 5.41) is 7.30. The predicted molar refractivity (Wildman–Crippen MR) is 151 cm³/mol. The molecular formula is C30H26F3N7O. The number of H-pyrrole nitrogens is 1. The minimum absolute atomic E-state index is 0.115. The van der Waals surface area contributed by atoms with Crippen LogP contribution in [0.5, 0.6) is 0 Å². The fourth-order valence-corrected chi connectivity index (χ4v) is 5.32. The maximum atomic E-state index is 13.4. The van der Waals surface area contributed by atoms with Crippen LogP contribution in [0.1, 0.15) is 21.5 Å². The quantitative estimate of drug-likeness (QED) is 0.152. The Kier molecular flexibility index (Phi) is 6.88. The number of hydrogen-bond donors (Lipinski definition) is 2. The third kappa shape index (κ3) is 5.36. The SMILES string of the molecule is NN=NC(=O)c1cc(-c2cccc(C(F)(F)F)c2)nc2c1[nH]c1cc(N3CCN(Cc4ccccc4)CC3)ccc12. The highest BCUT2D eigenvalue weighted by Gasteiger charge is 2.31. The molecule has 0 atom stereocenters. The van der Waals surface area contributed by atoms with Gasteiger partial charge in [0, 0.05) is 49.4 Å². The monoisotopic (exact) mass is 557 g/mol. The Morgan fingerprint density at radius 3 is 2.46 bits per heavy atom. The molecule has 0 spiro atoms. The zero-order chi connectivity index (χ0) is 28.6. The van der Waals surface area contributed by atoms with E-state index in [0.29, 0.717) is 11.0 Å². The van der Waals surface area contributed by atoms with Crippen molar-refractivity contribution >= 4 is 33.5 Å². The number of carbonyl (C=O) groups is 1. The van der Waals surface area contributed by atoms with Gasteiger partial charge in [0.05, 0.1) is 33.4 Å². The second-order valence-corrected chi connectivity index (χ2v) is 9.98. The van der Waals surface area contributed by atoms with E-state index >= 15 is 0 Å². The molecule has 2 aromatic heterocycles. The largest absolute Gasteiger partial charge is 0.416 e. The van der Waals surface area contributed by atoms with Crippen LogP contribution in [0.15, 0.2) is 89.2 Å². The number of nitrogens with one attached hydrogen (secondary N) is 1. The molecule has 3 N–H and O–H groups in total. The summed E-state index contributed by atoms with van der Waals surface area (Å²) < 4.78 is 40.2. The number of nitrogens with zero attached hydrogens (tertiary/aromatic N) is 5. The molecule has 3 aromatic carbocycles. The van der Waals surface area contributed by atoms with Crippen molar-refractivity contribution in [3.63, 3.8) is 0 Å².